The molecule has 2 N–H and O–H groups in total. The smallest absolute Gasteiger partial charge is 0.207 e. The average Bonchev–Trinajstić information content (AvgIpc) is 3.22. The van der Waals surface area contributed by atoms with Crippen LogP contribution in [0.2, 0.25) is 0 Å². The van der Waals surface area contributed by atoms with Crippen LogP contribution in [0.1, 0.15) is 31.7 Å². The normalized spacial score (nSPS) is 12.2. The maximum absolute atomic E-state index is 9.90. The lowest BCUT2D eigenvalue weighted by atomic mass is 10.0. The molecule has 0 radical (unpaired) electrons. The quantitative estimate of drug-likeness (QED) is 0.339. The van der Waals surface area contributed by atoms with E-state index in [4.69, 9.17) is 4.74 Å². The van der Waals surface area contributed by atoms with Crippen LogP contribution in [0.25, 0.3) is 22.2 Å². The Hall–Kier alpha value is -3.98. The summed E-state index contributed by atoms with van der Waals surface area (Å²) in [7, 11) is 3.55. The monoisotopic (exact) mass is 456 g/mol. The highest BCUT2D eigenvalue weighted by Gasteiger charge is 2.18. The zero-order valence-electron chi connectivity index (χ0n) is 20.1. The second-order valence-electron chi connectivity index (χ2n) is 7.87. The van der Waals surface area contributed by atoms with Crippen molar-refractivity contribution in [3.63, 3.8) is 0 Å². The van der Waals surface area contributed by atoms with E-state index < -0.39 is 0 Å². The third kappa shape index (κ3) is 5.68. The summed E-state index contributed by atoms with van der Waals surface area (Å²) >= 11 is 0. The topological polar surface area (TPSA) is 79.1 Å². The van der Waals surface area contributed by atoms with Gasteiger partial charge in [-0.25, -0.2) is 0 Å². The predicted octanol–water partition coefficient (Wildman–Crippen LogP) is 5.65. The maximum atomic E-state index is 9.90. The van der Waals surface area contributed by atoms with Crippen molar-refractivity contribution in [1.29, 1.82) is 5.26 Å². The van der Waals surface area contributed by atoms with Gasteiger partial charge in [0, 0.05) is 37.3 Å². The van der Waals surface area contributed by atoms with E-state index in [2.05, 4.69) is 46.4 Å². The van der Waals surface area contributed by atoms with Gasteiger partial charge in [0.2, 0.25) is 6.41 Å². The Balaban J connectivity index is 0.000000248. The van der Waals surface area contributed by atoms with Crippen molar-refractivity contribution in [2.24, 2.45) is 0 Å². The molecular weight excluding hydrogens is 424 g/mol. The number of nitrogens with zero attached hydrogens (tertiary/aromatic N) is 2. The van der Waals surface area contributed by atoms with Crippen LogP contribution in [0.15, 0.2) is 66.3 Å². The number of hydrogen-bond acceptors (Lipinski definition) is 4. The number of nitrogens with one attached hydrogen (secondary N) is 2. The zero-order chi connectivity index (χ0) is 24.3. The molecule has 0 saturated heterocycles. The summed E-state index contributed by atoms with van der Waals surface area (Å²) in [5, 5.41) is 16.4. The lowest BCUT2D eigenvalue weighted by Gasteiger charge is -2.10. The predicted molar refractivity (Wildman–Crippen MR) is 139 cm³/mol. The fourth-order valence-electron chi connectivity index (χ4n) is 4.12. The number of aryl methyl sites for hydroxylation is 1. The van der Waals surface area contributed by atoms with Crippen molar-refractivity contribution in [2.75, 3.05) is 26.0 Å². The first-order valence-corrected chi connectivity index (χ1v) is 11.6. The molecule has 6 heteroatoms. The highest BCUT2D eigenvalue weighted by Crippen LogP contribution is 2.35. The van der Waals surface area contributed by atoms with E-state index in [0.29, 0.717) is 5.56 Å². The van der Waals surface area contributed by atoms with E-state index in [1.165, 1.54) is 5.57 Å². The highest BCUT2D eigenvalue weighted by atomic mass is 16.5. The van der Waals surface area contributed by atoms with E-state index >= 15 is 0 Å². The molecule has 1 aromatic heterocycles. The minimum Gasteiger partial charge on any atom is -0.497 e. The number of anilines is 1. The highest BCUT2D eigenvalue weighted by molar-refractivity contribution is 5.95. The lowest BCUT2D eigenvalue weighted by molar-refractivity contribution is -0.109. The van der Waals surface area contributed by atoms with Crippen LogP contribution in [-0.4, -0.2) is 31.7 Å². The average molecular weight is 457 g/mol. The van der Waals surface area contributed by atoms with Crippen LogP contribution in [0.4, 0.5) is 5.69 Å². The van der Waals surface area contributed by atoms with Gasteiger partial charge >= 0.3 is 0 Å². The van der Waals surface area contributed by atoms with E-state index in [9.17, 15) is 10.1 Å². The van der Waals surface area contributed by atoms with Crippen LogP contribution in [-0.2, 0) is 11.3 Å². The van der Waals surface area contributed by atoms with Gasteiger partial charge in [-0.2, -0.15) is 5.26 Å². The molecule has 6 nitrogen and oxygen atoms in total. The summed E-state index contributed by atoms with van der Waals surface area (Å²) < 4.78 is 7.51. The Morgan fingerprint density at radius 3 is 2.56 bits per heavy atom. The number of benzene rings is 2. The van der Waals surface area contributed by atoms with Crippen LogP contribution < -0.4 is 15.4 Å². The van der Waals surface area contributed by atoms with Gasteiger partial charge in [-0.15, -0.1) is 0 Å². The van der Waals surface area contributed by atoms with E-state index in [-0.39, 0.29) is 0 Å². The van der Waals surface area contributed by atoms with Crippen molar-refractivity contribution in [3.8, 4) is 23.1 Å². The number of ether oxygens (including phenoxy) is 1. The van der Waals surface area contributed by atoms with Gasteiger partial charge in [-0.3, -0.25) is 4.79 Å². The minimum atomic E-state index is 0.710. The summed E-state index contributed by atoms with van der Waals surface area (Å²) in [6, 6.07) is 16.4. The summed E-state index contributed by atoms with van der Waals surface area (Å²) in [5.41, 5.74) is 6.12. The first-order chi connectivity index (χ1) is 16.7. The van der Waals surface area contributed by atoms with Gasteiger partial charge in [0.25, 0.3) is 0 Å². The number of carbonyl (C=O) groups excluding carboxylic acids is 1. The third-order valence-electron chi connectivity index (χ3n) is 5.86. The Labute approximate surface area is 201 Å². The van der Waals surface area contributed by atoms with Gasteiger partial charge in [-0.05, 0) is 56.0 Å². The maximum Gasteiger partial charge on any atom is 0.207 e. The summed E-state index contributed by atoms with van der Waals surface area (Å²) in [4.78, 5) is 9.90. The van der Waals surface area contributed by atoms with Crippen molar-refractivity contribution in [2.45, 2.75) is 32.7 Å². The molecule has 4 rings (SSSR count). The molecule has 0 aliphatic heterocycles. The van der Waals surface area contributed by atoms with Crippen molar-refractivity contribution in [1.82, 2.24) is 9.88 Å². The largest absolute Gasteiger partial charge is 0.497 e. The van der Waals surface area contributed by atoms with E-state index in [1.807, 2.05) is 49.5 Å². The van der Waals surface area contributed by atoms with Crippen LogP contribution in [0, 0.1) is 11.3 Å². The van der Waals surface area contributed by atoms with E-state index in [1.54, 1.807) is 7.11 Å². The molecule has 176 valence electrons. The Kier molecular flexibility index (Phi) is 8.93. The summed E-state index contributed by atoms with van der Waals surface area (Å²) in [5.74, 6) is 0.797. The van der Waals surface area contributed by atoms with Gasteiger partial charge in [0.1, 0.15) is 11.8 Å². The summed E-state index contributed by atoms with van der Waals surface area (Å²) in [6.45, 7) is 3.62. The van der Waals surface area contributed by atoms with Crippen molar-refractivity contribution >= 4 is 23.0 Å². The number of carbonyl (C=O) groups is 1. The number of methoxy groups -OCH3 is 1. The van der Waals surface area contributed by atoms with Crippen LogP contribution in [0.3, 0.4) is 0 Å². The molecule has 1 heterocycles. The molecule has 2 aromatic carbocycles. The molecule has 0 fully saturated rings. The first kappa shape index (κ1) is 24.7. The molecule has 0 unspecified atom stereocenters. The van der Waals surface area contributed by atoms with Gasteiger partial charge < -0.3 is 19.9 Å². The fraction of sp³-hybridized carbons (Fsp3) is 0.286. The Morgan fingerprint density at radius 2 is 1.97 bits per heavy atom. The van der Waals surface area contributed by atoms with Crippen LogP contribution >= 0.6 is 0 Å². The number of fused-ring (bicyclic) bond motifs is 1. The Morgan fingerprint density at radius 1 is 1.18 bits per heavy atom. The zero-order valence-corrected chi connectivity index (χ0v) is 20.1. The number of hydrogen-bond donors (Lipinski definition) is 2. The fourth-order valence-corrected chi connectivity index (χ4v) is 4.12. The molecule has 1 aliphatic rings. The molecular formula is C28H32N4O2. The molecule has 0 saturated carbocycles. The number of amides is 1. The number of rotatable bonds is 8. The minimum absolute atomic E-state index is 0.710. The first-order valence-electron chi connectivity index (χ1n) is 11.6. The second kappa shape index (κ2) is 12.3. The van der Waals surface area contributed by atoms with Crippen LogP contribution in [0.5, 0.6) is 5.75 Å². The molecule has 0 bridgehead atoms. The molecule has 1 aliphatic carbocycles. The molecule has 0 atom stereocenters. The summed E-state index contributed by atoms with van der Waals surface area (Å²) in [6.07, 6.45) is 10.5. The molecule has 0 spiro atoms. The SMILES string of the molecule is CCn1c(-c2ccc(NC)cc2)c(C#N)c2ccc(OC)cc21.O=CNCCC1=CCCC=C1. The van der Waals surface area contributed by atoms with Gasteiger partial charge in [-0.1, -0.05) is 35.9 Å². The van der Waals surface area contributed by atoms with Gasteiger partial charge in [0.05, 0.1) is 23.9 Å². The Bertz CT molecular complexity index is 1210. The molecule has 3 aromatic rings. The number of nitriles is 1. The standard InChI is InChI=1S/C19H19N3O.C9H13NO/c1-4-22-18-11-15(23-3)9-10-16(18)17(12-20)19(22)13-5-7-14(21-2)8-6-13;11-8-10-7-6-9-4-2-1-3-5-9/h5-11,21H,4H2,1-3H3;2,4-5,8H,1,3,6-7H2,(H,10,11). The number of allylic oxidation sites excluding steroid dienone is 3. The third-order valence-corrected chi connectivity index (χ3v) is 5.86. The second-order valence-corrected chi connectivity index (χ2v) is 7.87. The molecule has 34 heavy (non-hydrogen) atoms. The van der Waals surface area contributed by atoms with E-state index in [0.717, 1.165) is 72.4 Å². The molecule has 1 amide bonds. The lowest BCUT2D eigenvalue weighted by Crippen LogP contribution is -2.12. The number of aromatic nitrogens is 1. The van der Waals surface area contributed by atoms with Crippen molar-refractivity contribution < 1.29 is 9.53 Å². The van der Waals surface area contributed by atoms with Crippen molar-refractivity contribution in [3.05, 3.63) is 71.8 Å². The van der Waals surface area contributed by atoms with Gasteiger partial charge in [0.15, 0.2) is 0 Å².